The number of hydrogen-bond acceptors (Lipinski definition) is 9. The van der Waals surface area contributed by atoms with E-state index in [9.17, 15) is 19.0 Å². The van der Waals surface area contributed by atoms with E-state index in [4.69, 9.17) is 24.4 Å². The number of fused-ring (bicyclic) bond motifs is 2. The van der Waals surface area contributed by atoms with Gasteiger partial charge in [-0.3, -0.25) is 0 Å². The second-order valence-corrected chi connectivity index (χ2v) is 7.80. The van der Waals surface area contributed by atoms with Gasteiger partial charge in [0.25, 0.3) is 0 Å². The molecular weight excluding hydrogens is 430 g/mol. The van der Waals surface area contributed by atoms with Crippen LogP contribution in [0.25, 0.3) is 0 Å². The van der Waals surface area contributed by atoms with Gasteiger partial charge in [-0.25, -0.2) is 9.59 Å². The predicted molar refractivity (Wildman–Crippen MR) is 94.6 cm³/mol. The van der Waals surface area contributed by atoms with Gasteiger partial charge in [0.1, 0.15) is 24.7 Å². The first-order valence-electron chi connectivity index (χ1n) is 8.22. The standard InChI is InChI=1S/C18H17O9P.K/c19-5-7-25-17(21)11-1-3-13-15(9-11)28(23,24)16-10-12(2-4-14(16)27-13)18(22)26-8-6-20;/h1-4,9-10,19-20H,5-8H2,(H,23,24);/q;+1/p-1. The first-order chi connectivity index (χ1) is 13.4. The molecule has 148 valence electrons. The van der Waals surface area contributed by atoms with E-state index in [0.29, 0.717) is 0 Å². The van der Waals surface area contributed by atoms with Crippen LogP contribution in [0.1, 0.15) is 20.7 Å². The average Bonchev–Trinajstić information content (AvgIpc) is 2.70. The number of aliphatic hydroxyl groups excluding tert-OH is 2. The molecule has 0 saturated heterocycles. The normalized spacial score (nSPS) is 13.2. The van der Waals surface area contributed by atoms with Gasteiger partial charge in [-0.1, -0.05) is 0 Å². The zero-order valence-corrected chi connectivity index (χ0v) is 19.5. The van der Waals surface area contributed by atoms with E-state index in [2.05, 4.69) is 0 Å². The van der Waals surface area contributed by atoms with Crippen molar-refractivity contribution >= 4 is 29.9 Å². The number of ether oxygens (including phenoxy) is 3. The molecule has 0 saturated carbocycles. The van der Waals surface area contributed by atoms with E-state index in [-0.39, 0.29) is 111 Å². The van der Waals surface area contributed by atoms with Gasteiger partial charge in [0, 0.05) is 10.6 Å². The Balaban J connectivity index is 0.00000300. The minimum absolute atomic E-state index is 0. The first kappa shape index (κ1) is 24.2. The maximum atomic E-state index is 13.0. The van der Waals surface area contributed by atoms with Crippen molar-refractivity contribution in [3.8, 4) is 11.5 Å². The zero-order chi connectivity index (χ0) is 20.3. The van der Waals surface area contributed by atoms with Crippen LogP contribution in [0.3, 0.4) is 0 Å². The smallest absolute Gasteiger partial charge is 0.792 e. The monoisotopic (exact) mass is 446 g/mol. The number of carbonyl (C=O) groups is 2. The van der Waals surface area contributed by atoms with Gasteiger partial charge >= 0.3 is 63.3 Å². The fraction of sp³-hybridized carbons (Fsp3) is 0.222. The first-order valence-corrected chi connectivity index (χ1v) is 9.85. The predicted octanol–water partition coefficient (Wildman–Crippen LogP) is -3.32. The molecule has 0 bridgehead atoms. The Morgan fingerprint density at radius 1 is 0.897 bits per heavy atom. The van der Waals surface area contributed by atoms with Crippen molar-refractivity contribution in [2.45, 2.75) is 0 Å². The summed E-state index contributed by atoms with van der Waals surface area (Å²) in [6, 6.07) is 7.63. The third-order valence-corrected chi connectivity index (χ3v) is 5.86. The molecular formula is C18H16KO9P. The van der Waals surface area contributed by atoms with Gasteiger partial charge < -0.3 is 33.9 Å². The summed E-state index contributed by atoms with van der Waals surface area (Å²) < 4.78 is 28.2. The van der Waals surface area contributed by atoms with Gasteiger partial charge in [0.15, 0.2) is 0 Å². The minimum atomic E-state index is -4.44. The Bertz CT molecular complexity index is 902. The van der Waals surface area contributed by atoms with Gasteiger partial charge in [-0.2, -0.15) is 0 Å². The van der Waals surface area contributed by atoms with Gasteiger partial charge in [-0.15, -0.1) is 0 Å². The molecule has 0 aliphatic carbocycles. The minimum Gasteiger partial charge on any atom is -0.792 e. The fourth-order valence-electron chi connectivity index (χ4n) is 2.61. The summed E-state index contributed by atoms with van der Waals surface area (Å²) >= 11 is 0. The molecule has 0 amide bonds. The Morgan fingerprint density at radius 2 is 1.31 bits per heavy atom. The largest absolute Gasteiger partial charge is 1.00 e. The summed E-state index contributed by atoms with van der Waals surface area (Å²) in [4.78, 5) is 36.9. The molecule has 2 aromatic rings. The van der Waals surface area contributed by atoms with Crippen molar-refractivity contribution < 1.29 is 94.9 Å². The number of carbonyl (C=O) groups excluding carboxylic acids is 2. The summed E-state index contributed by atoms with van der Waals surface area (Å²) in [5.41, 5.74) is -0.0392. The van der Waals surface area contributed by atoms with Crippen molar-refractivity contribution in [2.75, 3.05) is 26.4 Å². The maximum absolute atomic E-state index is 13.0. The number of rotatable bonds is 6. The molecule has 9 nitrogen and oxygen atoms in total. The van der Waals surface area contributed by atoms with Crippen molar-refractivity contribution in [1.82, 2.24) is 0 Å². The van der Waals surface area contributed by atoms with Crippen LogP contribution >= 0.6 is 7.37 Å². The van der Waals surface area contributed by atoms with Gasteiger partial charge in [-0.05, 0) is 36.4 Å². The molecule has 0 atom stereocenters. The zero-order valence-electron chi connectivity index (χ0n) is 15.5. The van der Waals surface area contributed by atoms with E-state index in [1.165, 1.54) is 24.3 Å². The molecule has 3 rings (SSSR count). The van der Waals surface area contributed by atoms with Crippen molar-refractivity contribution in [3.63, 3.8) is 0 Å². The quantitative estimate of drug-likeness (QED) is 0.265. The second kappa shape index (κ2) is 10.3. The van der Waals surface area contributed by atoms with Crippen LogP contribution in [-0.2, 0) is 14.0 Å². The molecule has 0 spiro atoms. The average molecular weight is 446 g/mol. The molecule has 2 N–H and O–H groups in total. The summed E-state index contributed by atoms with van der Waals surface area (Å²) in [6.07, 6.45) is 0. The Morgan fingerprint density at radius 3 is 1.69 bits per heavy atom. The Labute approximate surface area is 208 Å². The summed E-state index contributed by atoms with van der Waals surface area (Å²) in [7, 11) is -4.44. The molecule has 1 aliphatic heterocycles. The third-order valence-electron chi connectivity index (χ3n) is 3.89. The summed E-state index contributed by atoms with van der Waals surface area (Å²) in [5, 5.41) is 17.0. The van der Waals surface area contributed by atoms with E-state index >= 15 is 0 Å². The van der Waals surface area contributed by atoms with Crippen molar-refractivity contribution in [2.24, 2.45) is 0 Å². The molecule has 29 heavy (non-hydrogen) atoms. The second-order valence-electron chi connectivity index (χ2n) is 5.74. The number of esters is 2. The van der Waals surface area contributed by atoms with Crippen LogP contribution in [0, 0.1) is 0 Å². The molecule has 0 fully saturated rings. The van der Waals surface area contributed by atoms with Crippen LogP contribution in [0.4, 0.5) is 0 Å². The fourth-order valence-corrected chi connectivity index (χ4v) is 4.31. The van der Waals surface area contributed by atoms with E-state index in [0.717, 1.165) is 12.1 Å². The van der Waals surface area contributed by atoms with Gasteiger partial charge in [0.05, 0.1) is 31.7 Å². The third kappa shape index (κ3) is 5.16. The van der Waals surface area contributed by atoms with E-state index in [1.54, 1.807) is 0 Å². The summed E-state index contributed by atoms with van der Waals surface area (Å²) in [6.45, 7) is -1.15. The topological polar surface area (TPSA) is 142 Å². The molecule has 1 heterocycles. The molecule has 0 aromatic heterocycles. The number of hydrogen-bond donors (Lipinski definition) is 2. The molecule has 0 unspecified atom stereocenters. The Kier molecular flexibility index (Phi) is 8.59. The Hall–Kier alpha value is -1.07. The van der Waals surface area contributed by atoms with Crippen LogP contribution in [0.15, 0.2) is 36.4 Å². The SMILES string of the molecule is O=C(OCCO)c1ccc2c(c1)P(=O)([O-])c1cc(C(=O)OCCO)ccc1O2.[K+]. The van der Waals surface area contributed by atoms with Crippen LogP contribution < -0.4 is 71.6 Å². The number of benzene rings is 2. The maximum Gasteiger partial charge on any atom is 1.00 e. The molecule has 11 heteroatoms. The van der Waals surface area contributed by atoms with Crippen LogP contribution in [0.2, 0.25) is 0 Å². The van der Waals surface area contributed by atoms with Gasteiger partial charge in [0.2, 0.25) is 0 Å². The van der Waals surface area contributed by atoms with E-state index < -0.39 is 19.3 Å². The van der Waals surface area contributed by atoms with Crippen LogP contribution in [0.5, 0.6) is 11.5 Å². The molecule has 1 aliphatic rings. The molecule has 0 radical (unpaired) electrons. The summed E-state index contributed by atoms with van der Waals surface area (Å²) in [5.74, 6) is -1.49. The van der Waals surface area contributed by atoms with E-state index in [1.807, 2.05) is 0 Å². The van der Waals surface area contributed by atoms with Crippen LogP contribution in [-0.4, -0.2) is 48.6 Å². The molecule has 2 aromatic carbocycles. The number of aliphatic hydroxyl groups is 2. The van der Waals surface area contributed by atoms with Crippen molar-refractivity contribution in [3.05, 3.63) is 47.5 Å². The van der Waals surface area contributed by atoms with Crippen molar-refractivity contribution in [1.29, 1.82) is 0 Å².